The van der Waals surface area contributed by atoms with Crippen molar-refractivity contribution in [1.29, 1.82) is 0 Å². The van der Waals surface area contributed by atoms with E-state index in [0.29, 0.717) is 18.3 Å². The van der Waals surface area contributed by atoms with E-state index in [4.69, 9.17) is 9.47 Å². The molecule has 3 unspecified atom stereocenters. The van der Waals surface area contributed by atoms with Gasteiger partial charge in [0.05, 0.1) is 14.2 Å². The second-order valence-electron chi connectivity index (χ2n) is 8.37. The second kappa shape index (κ2) is 8.51. The number of benzene rings is 3. The van der Waals surface area contributed by atoms with E-state index in [1.54, 1.807) is 26.4 Å². The second-order valence-corrected chi connectivity index (χ2v) is 8.37. The molecule has 1 aliphatic carbocycles. The molecule has 1 aliphatic rings. The molecular formula is C27H29FO2. The molecule has 0 spiro atoms. The first-order valence-electron chi connectivity index (χ1n) is 10.6. The summed E-state index contributed by atoms with van der Waals surface area (Å²) < 4.78 is 25.5. The van der Waals surface area contributed by atoms with Gasteiger partial charge in [-0.25, -0.2) is 4.39 Å². The van der Waals surface area contributed by atoms with Crippen molar-refractivity contribution in [3.05, 3.63) is 94.3 Å². The van der Waals surface area contributed by atoms with Gasteiger partial charge in [0.25, 0.3) is 0 Å². The minimum atomic E-state index is -0.128. The van der Waals surface area contributed by atoms with Gasteiger partial charge in [-0.05, 0) is 89.6 Å². The van der Waals surface area contributed by atoms with Crippen molar-refractivity contribution in [2.45, 2.75) is 38.5 Å². The maximum absolute atomic E-state index is 14.5. The predicted molar refractivity (Wildman–Crippen MR) is 119 cm³/mol. The SMILES string of the molecule is COc1ccc2c(c1)C(Cc1ccccc1F)C(C)C(c1ccc(OC)c(C)c1)C2. The van der Waals surface area contributed by atoms with Crippen LogP contribution in [0.25, 0.3) is 0 Å². The molecule has 0 saturated carbocycles. The molecule has 0 N–H and O–H groups in total. The highest BCUT2D eigenvalue weighted by molar-refractivity contribution is 5.45. The smallest absolute Gasteiger partial charge is 0.126 e. The number of fused-ring (bicyclic) bond motifs is 1. The molecule has 0 radical (unpaired) electrons. The number of methoxy groups -OCH3 is 2. The lowest BCUT2D eigenvalue weighted by Gasteiger charge is -2.39. The molecule has 3 atom stereocenters. The first kappa shape index (κ1) is 20.5. The van der Waals surface area contributed by atoms with Crippen LogP contribution in [-0.2, 0) is 12.8 Å². The average Bonchev–Trinajstić information content (AvgIpc) is 2.76. The number of aryl methyl sites for hydroxylation is 1. The Morgan fingerprint density at radius 3 is 2.47 bits per heavy atom. The molecule has 0 aromatic heterocycles. The summed E-state index contributed by atoms with van der Waals surface area (Å²) in [5.41, 5.74) is 5.85. The van der Waals surface area contributed by atoms with Crippen LogP contribution >= 0.6 is 0 Å². The number of hydrogen-bond acceptors (Lipinski definition) is 2. The Morgan fingerprint density at radius 2 is 1.77 bits per heavy atom. The van der Waals surface area contributed by atoms with Crippen LogP contribution < -0.4 is 9.47 Å². The molecule has 0 aliphatic heterocycles. The van der Waals surface area contributed by atoms with Crippen molar-refractivity contribution >= 4 is 0 Å². The van der Waals surface area contributed by atoms with E-state index >= 15 is 0 Å². The molecule has 0 bridgehead atoms. The molecule has 30 heavy (non-hydrogen) atoms. The maximum Gasteiger partial charge on any atom is 0.126 e. The van der Waals surface area contributed by atoms with Crippen LogP contribution in [-0.4, -0.2) is 14.2 Å². The lowest BCUT2D eigenvalue weighted by atomic mass is 9.65. The zero-order chi connectivity index (χ0) is 21.3. The van der Waals surface area contributed by atoms with Gasteiger partial charge < -0.3 is 9.47 Å². The lowest BCUT2D eigenvalue weighted by Crippen LogP contribution is -2.28. The molecule has 156 valence electrons. The molecule has 0 fully saturated rings. The van der Waals surface area contributed by atoms with E-state index in [0.717, 1.165) is 29.0 Å². The van der Waals surface area contributed by atoms with Gasteiger partial charge in [0.15, 0.2) is 0 Å². The van der Waals surface area contributed by atoms with Gasteiger partial charge in [0, 0.05) is 0 Å². The van der Waals surface area contributed by atoms with Crippen LogP contribution in [0.15, 0.2) is 60.7 Å². The van der Waals surface area contributed by atoms with E-state index < -0.39 is 0 Å². The fourth-order valence-electron chi connectivity index (χ4n) is 4.97. The fourth-order valence-corrected chi connectivity index (χ4v) is 4.97. The van der Waals surface area contributed by atoms with Gasteiger partial charge in [0.1, 0.15) is 17.3 Å². The Labute approximate surface area is 178 Å². The average molecular weight is 405 g/mol. The summed E-state index contributed by atoms with van der Waals surface area (Å²) in [4.78, 5) is 0. The third-order valence-electron chi connectivity index (χ3n) is 6.71. The Hall–Kier alpha value is -2.81. The number of halogens is 1. The van der Waals surface area contributed by atoms with Crippen LogP contribution in [0.2, 0.25) is 0 Å². The highest BCUT2D eigenvalue weighted by Gasteiger charge is 2.35. The third-order valence-corrected chi connectivity index (χ3v) is 6.71. The Balaban J connectivity index is 1.77. The molecule has 0 amide bonds. The monoisotopic (exact) mass is 404 g/mol. The Bertz CT molecular complexity index is 1040. The van der Waals surface area contributed by atoms with Crippen molar-refractivity contribution in [2.75, 3.05) is 14.2 Å². The zero-order valence-electron chi connectivity index (χ0n) is 18.1. The van der Waals surface area contributed by atoms with Crippen LogP contribution in [0, 0.1) is 18.7 Å². The van der Waals surface area contributed by atoms with E-state index in [1.165, 1.54) is 16.7 Å². The molecule has 3 aromatic carbocycles. The third kappa shape index (κ3) is 3.81. The first-order valence-corrected chi connectivity index (χ1v) is 10.6. The van der Waals surface area contributed by atoms with Crippen molar-refractivity contribution in [2.24, 2.45) is 5.92 Å². The quantitative estimate of drug-likeness (QED) is 0.486. The standard InChI is InChI=1S/C27H29FO2/c1-17-13-19(10-12-27(17)30-4)23-14-20-9-11-22(29-3)16-25(20)24(18(23)2)15-21-7-5-6-8-26(21)28/h5-13,16,18,23-24H,14-15H2,1-4H3. The number of hydrogen-bond donors (Lipinski definition) is 0. The highest BCUT2D eigenvalue weighted by atomic mass is 19.1. The summed E-state index contributed by atoms with van der Waals surface area (Å²) in [7, 11) is 3.40. The van der Waals surface area contributed by atoms with E-state index in [-0.39, 0.29) is 11.7 Å². The lowest BCUT2D eigenvalue weighted by molar-refractivity contribution is 0.343. The van der Waals surface area contributed by atoms with Crippen molar-refractivity contribution in [1.82, 2.24) is 0 Å². The molecule has 3 aromatic rings. The van der Waals surface area contributed by atoms with Crippen LogP contribution in [0.5, 0.6) is 11.5 Å². The minimum Gasteiger partial charge on any atom is -0.497 e. The van der Waals surface area contributed by atoms with Gasteiger partial charge in [-0.3, -0.25) is 0 Å². The van der Waals surface area contributed by atoms with Crippen molar-refractivity contribution in [3.63, 3.8) is 0 Å². The van der Waals surface area contributed by atoms with Crippen LogP contribution in [0.1, 0.15) is 46.6 Å². The van der Waals surface area contributed by atoms with E-state index in [9.17, 15) is 4.39 Å². The van der Waals surface area contributed by atoms with E-state index in [1.807, 2.05) is 18.2 Å². The van der Waals surface area contributed by atoms with Gasteiger partial charge in [-0.2, -0.15) is 0 Å². The van der Waals surface area contributed by atoms with Crippen molar-refractivity contribution < 1.29 is 13.9 Å². The Morgan fingerprint density at radius 1 is 0.967 bits per heavy atom. The molecule has 2 nitrogen and oxygen atoms in total. The first-order chi connectivity index (χ1) is 14.5. The largest absolute Gasteiger partial charge is 0.497 e. The highest BCUT2D eigenvalue weighted by Crippen LogP contribution is 2.47. The molecule has 0 heterocycles. The summed E-state index contributed by atoms with van der Waals surface area (Å²) in [5.74, 6) is 2.59. The van der Waals surface area contributed by atoms with Crippen molar-refractivity contribution in [3.8, 4) is 11.5 Å². The van der Waals surface area contributed by atoms with Gasteiger partial charge in [-0.1, -0.05) is 43.3 Å². The fraction of sp³-hybridized carbons (Fsp3) is 0.333. The molecular weight excluding hydrogens is 375 g/mol. The minimum absolute atomic E-state index is 0.128. The molecule has 4 rings (SSSR count). The van der Waals surface area contributed by atoms with E-state index in [2.05, 4.69) is 44.2 Å². The topological polar surface area (TPSA) is 18.5 Å². The normalized spacial score (nSPS) is 20.5. The summed E-state index contributed by atoms with van der Waals surface area (Å²) in [6.45, 7) is 4.39. The predicted octanol–water partition coefficient (Wildman–Crippen LogP) is 6.45. The Kier molecular flexibility index (Phi) is 5.80. The van der Waals surface area contributed by atoms with Gasteiger partial charge in [0.2, 0.25) is 0 Å². The van der Waals surface area contributed by atoms with Gasteiger partial charge >= 0.3 is 0 Å². The summed E-state index contributed by atoms with van der Waals surface area (Å²) in [5, 5.41) is 0. The maximum atomic E-state index is 14.5. The summed E-state index contributed by atoms with van der Waals surface area (Å²) in [6, 6.07) is 20.0. The zero-order valence-corrected chi connectivity index (χ0v) is 18.1. The summed E-state index contributed by atoms with van der Waals surface area (Å²) >= 11 is 0. The molecule has 3 heteroatoms. The van der Waals surface area contributed by atoms with Crippen LogP contribution in [0.4, 0.5) is 4.39 Å². The number of rotatable bonds is 5. The van der Waals surface area contributed by atoms with Gasteiger partial charge in [-0.15, -0.1) is 0 Å². The summed E-state index contributed by atoms with van der Waals surface area (Å²) in [6.07, 6.45) is 1.65. The molecule has 0 saturated heterocycles. The van der Waals surface area contributed by atoms with Crippen LogP contribution in [0.3, 0.4) is 0 Å². The number of ether oxygens (including phenoxy) is 2.